The molecule has 0 aliphatic heterocycles. The molecule has 0 aliphatic carbocycles. The van der Waals surface area contributed by atoms with Crippen LogP contribution in [0.4, 0.5) is 0 Å². The third kappa shape index (κ3) is 2.60. The molecule has 9 heteroatoms. The Kier molecular flexibility index (Phi) is 3.89. The predicted molar refractivity (Wildman–Crippen MR) is 97.1 cm³/mol. The number of thiazole rings is 1. The minimum Gasteiger partial charge on any atom is -0.338 e. The van der Waals surface area contributed by atoms with Crippen LogP contribution in [0.5, 0.6) is 0 Å². The zero-order chi connectivity index (χ0) is 18.3. The molecule has 1 N–H and O–H groups in total. The molecule has 0 amide bonds. The van der Waals surface area contributed by atoms with Gasteiger partial charge in [0.25, 0.3) is 5.56 Å². The van der Waals surface area contributed by atoms with E-state index in [4.69, 9.17) is 0 Å². The Hall–Kier alpha value is -3.25. The van der Waals surface area contributed by atoms with Crippen LogP contribution in [0.15, 0.2) is 35.1 Å². The maximum atomic E-state index is 12.9. The van der Waals surface area contributed by atoms with Crippen LogP contribution in [0.1, 0.15) is 35.8 Å². The minimum absolute atomic E-state index is 0.0160. The van der Waals surface area contributed by atoms with E-state index in [9.17, 15) is 10.1 Å². The number of fused-ring (bicyclic) bond motifs is 1. The molecule has 8 nitrogen and oxygen atoms in total. The normalized spacial score (nSPS) is 11.3. The van der Waals surface area contributed by atoms with Crippen molar-refractivity contribution in [3.05, 3.63) is 56.7 Å². The smallest absolute Gasteiger partial charge is 0.278 e. The fourth-order valence-corrected chi connectivity index (χ4v) is 3.52. The van der Waals surface area contributed by atoms with E-state index < -0.39 is 0 Å². The van der Waals surface area contributed by atoms with Gasteiger partial charge < -0.3 is 4.98 Å². The van der Waals surface area contributed by atoms with Crippen LogP contribution in [0.25, 0.3) is 16.9 Å². The van der Waals surface area contributed by atoms with Gasteiger partial charge in [0, 0.05) is 28.4 Å². The van der Waals surface area contributed by atoms with Gasteiger partial charge in [0.2, 0.25) is 0 Å². The highest BCUT2D eigenvalue weighted by Gasteiger charge is 2.20. The van der Waals surface area contributed by atoms with Crippen LogP contribution in [-0.2, 0) is 6.54 Å². The summed E-state index contributed by atoms with van der Waals surface area (Å²) in [5.41, 5.74) is 4.36. The van der Waals surface area contributed by atoms with Crippen LogP contribution in [0.3, 0.4) is 0 Å². The predicted octanol–water partition coefficient (Wildman–Crippen LogP) is 2.39. The van der Waals surface area contributed by atoms with Gasteiger partial charge in [-0.05, 0) is 5.92 Å². The molecule has 0 radical (unpaired) electrons. The van der Waals surface area contributed by atoms with Crippen molar-refractivity contribution in [3.63, 3.8) is 0 Å². The topological polar surface area (TPSA) is 105 Å². The largest absolute Gasteiger partial charge is 0.338 e. The lowest BCUT2D eigenvalue weighted by molar-refractivity contribution is 0.694. The van der Waals surface area contributed by atoms with Gasteiger partial charge in [-0.2, -0.15) is 20.0 Å². The fraction of sp³-hybridized carbons (Fsp3) is 0.235. The van der Waals surface area contributed by atoms with Gasteiger partial charge in [-0.3, -0.25) is 14.5 Å². The molecule has 0 aromatic carbocycles. The van der Waals surface area contributed by atoms with Crippen molar-refractivity contribution in [2.24, 2.45) is 0 Å². The molecule has 0 bridgehead atoms. The summed E-state index contributed by atoms with van der Waals surface area (Å²) in [6.45, 7) is 4.52. The molecule has 0 spiro atoms. The molecule has 0 aliphatic rings. The number of aromatic nitrogens is 6. The first-order valence-corrected chi connectivity index (χ1v) is 8.90. The van der Waals surface area contributed by atoms with Crippen molar-refractivity contribution in [2.45, 2.75) is 26.3 Å². The van der Waals surface area contributed by atoms with E-state index in [-0.39, 0.29) is 11.5 Å². The summed E-state index contributed by atoms with van der Waals surface area (Å²) >= 11 is 1.56. The molecule has 130 valence electrons. The van der Waals surface area contributed by atoms with Gasteiger partial charge >= 0.3 is 0 Å². The van der Waals surface area contributed by atoms with Crippen molar-refractivity contribution >= 4 is 17.0 Å². The Bertz CT molecular complexity index is 1170. The molecule has 4 aromatic heterocycles. The Labute approximate surface area is 152 Å². The standard InChI is InChI=1S/C17H15N7OS/c1-10(2)14-15(22-16-11(3-18)4-21-24(16)17(14)25)12-5-20-23(7-12)8-13-6-19-9-26-13/h4-7,9-10,22H,8H2,1-2H3. The number of nitrogens with one attached hydrogen (secondary N) is 1. The van der Waals surface area contributed by atoms with E-state index in [1.165, 1.54) is 10.7 Å². The average molecular weight is 365 g/mol. The molecule has 4 heterocycles. The summed E-state index contributed by atoms with van der Waals surface area (Å²) in [7, 11) is 0. The Balaban J connectivity index is 1.87. The second-order valence-corrected chi connectivity index (χ2v) is 7.17. The Morgan fingerprint density at radius 1 is 1.31 bits per heavy atom. The SMILES string of the molecule is CC(C)c1c(-c2cnn(Cc3cncs3)c2)[nH]c2c(C#N)cnn2c1=O. The second-order valence-electron chi connectivity index (χ2n) is 6.20. The zero-order valence-corrected chi connectivity index (χ0v) is 15.0. The molecule has 0 saturated heterocycles. The molecule has 0 fully saturated rings. The van der Waals surface area contributed by atoms with Gasteiger partial charge in [0.05, 0.1) is 30.1 Å². The van der Waals surface area contributed by atoms with Crippen molar-refractivity contribution in [1.82, 2.24) is 29.4 Å². The Morgan fingerprint density at radius 3 is 2.85 bits per heavy atom. The lowest BCUT2D eigenvalue weighted by Gasteiger charge is -2.11. The maximum absolute atomic E-state index is 12.9. The summed E-state index contributed by atoms with van der Waals surface area (Å²) in [4.78, 5) is 21.3. The van der Waals surface area contributed by atoms with Gasteiger partial charge in [0.1, 0.15) is 11.6 Å². The first-order valence-electron chi connectivity index (χ1n) is 8.02. The van der Waals surface area contributed by atoms with Crippen molar-refractivity contribution < 1.29 is 0 Å². The zero-order valence-electron chi connectivity index (χ0n) is 14.2. The number of rotatable bonds is 4. The average Bonchev–Trinajstić information content (AvgIpc) is 3.34. The van der Waals surface area contributed by atoms with Crippen LogP contribution in [0.2, 0.25) is 0 Å². The van der Waals surface area contributed by atoms with E-state index in [1.807, 2.05) is 26.2 Å². The van der Waals surface area contributed by atoms with Gasteiger partial charge in [-0.25, -0.2) is 0 Å². The van der Waals surface area contributed by atoms with E-state index in [2.05, 4.69) is 26.2 Å². The second kappa shape index (κ2) is 6.24. The van der Waals surface area contributed by atoms with Gasteiger partial charge in [0.15, 0.2) is 5.65 Å². The van der Waals surface area contributed by atoms with Crippen molar-refractivity contribution in [1.29, 1.82) is 5.26 Å². The molecule has 0 unspecified atom stereocenters. The molecule has 0 saturated carbocycles. The summed E-state index contributed by atoms with van der Waals surface area (Å²) in [6.07, 6.45) is 6.81. The monoisotopic (exact) mass is 365 g/mol. The number of nitriles is 1. The van der Waals surface area contributed by atoms with Crippen LogP contribution >= 0.6 is 11.3 Å². The summed E-state index contributed by atoms with van der Waals surface area (Å²) < 4.78 is 3.05. The van der Waals surface area contributed by atoms with Crippen LogP contribution < -0.4 is 5.56 Å². The third-order valence-electron chi connectivity index (χ3n) is 4.13. The number of hydrogen-bond donors (Lipinski definition) is 1. The van der Waals surface area contributed by atoms with E-state index >= 15 is 0 Å². The molecule has 4 rings (SSSR count). The highest BCUT2D eigenvalue weighted by Crippen LogP contribution is 2.26. The quantitative estimate of drug-likeness (QED) is 0.598. The number of aromatic amines is 1. The molecule has 0 atom stereocenters. The molecule has 26 heavy (non-hydrogen) atoms. The summed E-state index contributed by atoms with van der Waals surface area (Å²) in [5, 5.41) is 17.7. The molecular weight excluding hydrogens is 350 g/mol. The lowest BCUT2D eigenvalue weighted by Crippen LogP contribution is -2.22. The lowest BCUT2D eigenvalue weighted by atomic mass is 10.00. The van der Waals surface area contributed by atoms with Crippen LogP contribution in [-0.4, -0.2) is 29.4 Å². The fourth-order valence-electron chi connectivity index (χ4n) is 2.93. The van der Waals surface area contributed by atoms with E-state index in [1.54, 1.807) is 27.7 Å². The highest BCUT2D eigenvalue weighted by molar-refractivity contribution is 7.09. The molecular formula is C17H15N7OS. The number of nitrogens with zero attached hydrogens (tertiary/aromatic N) is 6. The van der Waals surface area contributed by atoms with Crippen LogP contribution in [0, 0.1) is 11.3 Å². The first kappa shape index (κ1) is 16.2. The molecule has 4 aromatic rings. The highest BCUT2D eigenvalue weighted by atomic mass is 32.1. The maximum Gasteiger partial charge on any atom is 0.278 e. The number of H-pyrrole nitrogens is 1. The van der Waals surface area contributed by atoms with E-state index in [0.29, 0.717) is 29.0 Å². The third-order valence-corrected chi connectivity index (χ3v) is 4.89. The van der Waals surface area contributed by atoms with Gasteiger partial charge in [-0.15, -0.1) is 11.3 Å². The van der Waals surface area contributed by atoms with E-state index in [0.717, 1.165) is 10.4 Å². The number of hydrogen-bond acceptors (Lipinski definition) is 6. The first-order chi connectivity index (χ1) is 12.6. The summed E-state index contributed by atoms with van der Waals surface area (Å²) in [5.74, 6) is -0.0160. The van der Waals surface area contributed by atoms with Crippen molar-refractivity contribution in [3.8, 4) is 17.3 Å². The summed E-state index contributed by atoms with van der Waals surface area (Å²) in [6, 6.07) is 2.06. The minimum atomic E-state index is -0.222. The van der Waals surface area contributed by atoms with Gasteiger partial charge in [-0.1, -0.05) is 13.8 Å². The van der Waals surface area contributed by atoms with Crippen molar-refractivity contribution in [2.75, 3.05) is 0 Å². The Morgan fingerprint density at radius 2 is 2.15 bits per heavy atom.